The number of hydrogen-bond acceptors (Lipinski definition) is 3. The van der Waals surface area contributed by atoms with Crippen molar-refractivity contribution in [3.63, 3.8) is 0 Å². The standard InChI is InChI=1S/C16H23NO3/c1-2-3-4-8-11-15(18)12-17-16(19)20-13-14-9-6-5-7-10-14/h5-7,9-10H,2-4,8,11-13H2,1H3,(H,17,19). The summed E-state index contributed by atoms with van der Waals surface area (Å²) in [6.45, 7) is 2.41. The lowest BCUT2D eigenvalue weighted by Crippen LogP contribution is -2.29. The van der Waals surface area contributed by atoms with Gasteiger partial charge in [0.15, 0.2) is 5.78 Å². The zero-order valence-electron chi connectivity index (χ0n) is 12.1. The minimum atomic E-state index is -0.546. The van der Waals surface area contributed by atoms with Crippen LogP contribution >= 0.6 is 0 Å². The first kappa shape index (κ1) is 16.2. The second-order valence-electron chi connectivity index (χ2n) is 4.76. The van der Waals surface area contributed by atoms with Crippen LogP contribution in [0.4, 0.5) is 4.79 Å². The van der Waals surface area contributed by atoms with E-state index < -0.39 is 6.09 Å². The van der Waals surface area contributed by atoms with Gasteiger partial charge in [-0.15, -0.1) is 0 Å². The number of carbonyl (C=O) groups excluding carboxylic acids is 2. The van der Waals surface area contributed by atoms with Gasteiger partial charge in [0, 0.05) is 6.42 Å². The topological polar surface area (TPSA) is 55.4 Å². The summed E-state index contributed by atoms with van der Waals surface area (Å²) in [6, 6.07) is 9.44. The Hall–Kier alpha value is -1.84. The van der Waals surface area contributed by atoms with Crippen LogP contribution in [-0.4, -0.2) is 18.4 Å². The maximum absolute atomic E-state index is 11.5. The number of unbranched alkanes of at least 4 members (excludes halogenated alkanes) is 3. The molecule has 0 aromatic heterocycles. The summed E-state index contributed by atoms with van der Waals surface area (Å²) in [5.41, 5.74) is 0.925. The fourth-order valence-corrected chi connectivity index (χ4v) is 1.78. The average molecular weight is 277 g/mol. The molecule has 0 spiro atoms. The molecule has 1 aromatic carbocycles. The number of alkyl carbamates (subject to hydrolysis) is 1. The molecule has 0 aliphatic rings. The lowest BCUT2D eigenvalue weighted by atomic mass is 10.1. The van der Waals surface area contributed by atoms with Crippen LogP contribution in [0.5, 0.6) is 0 Å². The zero-order chi connectivity index (χ0) is 14.6. The predicted octanol–water partition coefficient (Wildman–Crippen LogP) is 3.45. The number of Topliss-reactive ketones (excluding diaryl/α,β-unsaturated/α-hetero) is 1. The highest BCUT2D eigenvalue weighted by molar-refractivity contribution is 5.83. The van der Waals surface area contributed by atoms with Crippen LogP contribution in [0.25, 0.3) is 0 Å². The van der Waals surface area contributed by atoms with E-state index in [0.717, 1.165) is 31.2 Å². The van der Waals surface area contributed by atoms with E-state index in [-0.39, 0.29) is 18.9 Å². The summed E-state index contributed by atoms with van der Waals surface area (Å²) in [5.74, 6) is 0.0535. The molecular formula is C16H23NO3. The predicted molar refractivity (Wildman–Crippen MR) is 78.4 cm³/mol. The fourth-order valence-electron chi connectivity index (χ4n) is 1.78. The number of ketones is 1. The second kappa shape index (κ2) is 10.0. The largest absolute Gasteiger partial charge is 0.445 e. The molecule has 0 saturated carbocycles. The Labute approximate surface area is 120 Å². The van der Waals surface area contributed by atoms with Crippen LogP contribution in [0, 0.1) is 0 Å². The van der Waals surface area contributed by atoms with E-state index in [2.05, 4.69) is 12.2 Å². The lowest BCUT2D eigenvalue weighted by Gasteiger charge is -2.06. The summed E-state index contributed by atoms with van der Waals surface area (Å²) >= 11 is 0. The molecule has 0 heterocycles. The first-order valence-electron chi connectivity index (χ1n) is 7.18. The third-order valence-corrected chi connectivity index (χ3v) is 2.95. The summed E-state index contributed by atoms with van der Waals surface area (Å²) in [5, 5.41) is 2.48. The van der Waals surface area contributed by atoms with Crippen LogP contribution in [0.2, 0.25) is 0 Å². The Balaban J connectivity index is 2.09. The Kier molecular flexibility index (Phi) is 8.11. The molecular weight excluding hydrogens is 254 g/mol. The minimum absolute atomic E-state index is 0.0535. The summed E-state index contributed by atoms with van der Waals surface area (Å²) in [6.07, 6.45) is 4.25. The Morgan fingerprint density at radius 2 is 1.85 bits per heavy atom. The molecule has 0 bridgehead atoms. The molecule has 110 valence electrons. The van der Waals surface area contributed by atoms with Gasteiger partial charge in [0.25, 0.3) is 0 Å². The van der Waals surface area contributed by atoms with Gasteiger partial charge in [0.05, 0.1) is 6.54 Å². The molecule has 0 atom stereocenters. The van der Waals surface area contributed by atoms with E-state index in [4.69, 9.17) is 4.74 Å². The van der Waals surface area contributed by atoms with Gasteiger partial charge in [-0.3, -0.25) is 4.79 Å². The smallest absolute Gasteiger partial charge is 0.407 e. The van der Waals surface area contributed by atoms with Crippen LogP contribution < -0.4 is 5.32 Å². The molecule has 0 saturated heterocycles. The summed E-state index contributed by atoms with van der Waals surface area (Å²) in [4.78, 5) is 22.9. The van der Waals surface area contributed by atoms with Crippen LogP contribution in [0.15, 0.2) is 30.3 Å². The molecule has 0 fully saturated rings. The van der Waals surface area contributed by atoms with Gasteiger partial charge in [0.1, 0.15) is 6.61 Å². The van der Waals surface area contributed by atoms with Crippen molar-refractivity contribution in [2.75, 3.05) is 6.54 Å². The van der Waals surface area contributed by atoms with Gasteiger partial charge in [0.2, 0.25) is 0 Å². The van der Waals surface area contributed by atoms with Crippen molar-refractivity contribution in [2.45, 2.75) is 45.6 Å². The monoisotopic (exact) mass is 277 g/mol. The lowest BCUT2D eigenvalue weighted by molar-refractivity contribution is -0.118. The van der Waals surface area contributed by atoms with E-state index in [1.807, 2.05) is 30.3 Å². The third kappa shape index (κ3) is 7.56. The fraction of sp³-hybridized carbons (Fsp3) is 0.500. The number of benzene rings is 1. The first-order chi connectivity index (χ1) is 9.72. The molecule has 0 aliphatic carbocycles. The highest BCUT2D eigenvalue weighted by Crippen LogP contribution is 2.03. The first-order valence-corrected chi connectivity index (χ1v) is 7.18. The maximum atomic E-state index is 11.5. The Bertz CT molecular complexity index is 403. The number of nitrogens with one attached hydrogen (secondary N) is 1. The molecule has 4 heteroatoms. The molecule has 0 aliphatic heterocycles. The number of ether oxygens (including phenoxy) is 1. The quantitative estimate of drug-likeness (QED) is 0.703. The van der Waals surface area contributed by atoms with Crippen LogP contribution in [0.1, 0.15) is 44.6 Å². The summed E-state index contributed by atoms with van der Waals surface area (Å²) in [7, 11) is 0. The van der Waals surface area contributed by atoms with E-state index in [1.165, 1.54) is 0 Å². The van der Waals surface area contributed by atoms with Gasteiger partial charge in [-0.05, 0) is 12.0 Å². The van der Waals surface area contributed by atoms with Gasteiger partial charge in [-0.25, -0.2) is 4.79 Å². The minimum Gasteiger partial charge on any atom is -0.445 e. The molecule has 4 nitrogen and oxygen atoms in total. The normalized spacial score (nSPS) is 10.1. The van der Waals surface area contributed by atoms with E-state index in [1.54, 1.807) is 0 Å². The molecule has 1 N–H and O–H groups in total. The van der Waals surface area contributed by atoms with Crippen LogP contribution in [-0.2, 0) is 16.1 Å². The van der Waals surface area contributed by atoms with Gasteiger partial charge in [-0.2, -0.15) is 0 Å². The third-order valence-electron chi connectivity index (χ3n) is 2.95. The molecule has 0 radical (unpaired) electrons. The molecule has 1 amide bonds. The van der Waals surface area contributed by atoms with Crippen molar-refractivity contribution in [3.05, 3.63) is 35.9 Å². The average Bonchev–Trinajstić information content (AvgIpc) is 2.48. The van der Waals surface area contributed by atoms with E-state index in [0.29, 0.717) is 6.42 Å². The van der Waals surface area contributed by atoms with Gasteiger partial charge >= 0.3 is 6.09 Å². The zero-order valence-corrected chi connectivity index (χ0v) is 12.1. The molecule has 0 unspecified atom stereocenters. The molecule has 1 aromatic rings. The van der Waals surface area contributed by atoms with Crippen molar-refractivity contribution >= 4 is 11.9 Å². The highest BCUT2D eigenvalue weighted by atomic mass is 16.5. The number of hydrogen-bond donors (Lipinski definition) is 1. The Morgan fingerprint density at radius 1 is 1.10 bits per heavy atom. The van der Waals surface area contributed by atoms with Crippen molar-refractivity contribution in [2.24, 2.45) is 0 Å². The van der Waals surface area contributed by atoms with Gasteiger partial charge in [-0.1, -0.05) is 56.5 Å². The SMILES string of the molecule is CCCCCCC(=O)CNC(=O)OCc1ccccc1. The van der Waals surface area contributed by atoms with Crippen molar-refractivity contribution in [3.8, 4) is 0 Å². The molecule has 1 rings (SSSR count). The number of rotatable bonds is 9. The number of amides is 1. The van der Waals surface area contributed by atoms with Crippen molar-refractivity contribution in [1.82, 2.24) is 5.32 Å². The Morgan fingerprint density at radius 3 is 2.55 bits per heavy atom. The van der Waals surface area contributed by atoms with Gasteiger partial charge < -0.3 is 10.1 Å². The van der Waals surface area contributed by atoms with E-state index in [9.17, 15) is 9.59 Å². The summed E-state index contributed by atoms with van der Waals surface area (Å²) < 4.78 is 5.02. The second-order valence-corrected chi connectivity index (χ2v) is 4.76. The maximum Gasteiger partial charge on any atom is 0.407 e. The number of carbonyl (C=O) groups is 2. The van der Waals surface area contributed by atoms with Crippen molar-refractivity contribution in [1.29, 1.82) is 0 Å². The highest BCUT2D eigenvalue weighted by Gasteiger charge is 2.06. The van der Waals surface area contributed by atoms with Crippen LogP contribution in [0.3, 0.4) is 0 Å². The van der Waals surface area contributed by atoms with Crippen molar-refractivity contribution < 1.29 is 14.3 Å². The molecule has 20 heavy (non-hydrogen) atoms. The van der Waals surface area contributed by atoms with E-state index >= 15 is 0 Å².